The number of thiophene rings is 1. The Labute approximate surface area is 160 Å². The monoisotopic (exact) mass is 388 g/mol. The number of aromatic nitrogens is 3. The first-order valence-corrected chi connectivity index (χ1v) is 10.0. The molecule has 2 aromatic heterocycles. The molecule has 0 aliphatic carbocycles. The third-order valence-electron chi connectivity index (χ3n) is 3.82. The lowest BCUT2D eigenvalue weighted by Gasteiger charge is -2.08. The second kappa shape index (κ2) is 8.86. The van der Waals surface area contributed by atoms with Gasteiger partial charge in [0, 0.05) is 18.7 Å². The van der Waals surface area contributed by atoms with Gasteiger partial charge in [-0.1, -0.05) is 30.0 Å². The Morgan fingerprint density at radius 1 is 1.27 bits per heavy atom. The average Bonchev–Trinajstić information content (AvgIpc) is 3.30. The second-order valence-electron chi connectivity index (χ2n) is 5.60. The van der Waals surface area contributed by atoms with E-state index in [4.69, 9.17) is 10.5 Å². The zero-order valence-electron chi connectivity index (χ0n) is 14.4. The van der Waals surface area contributed by atoms with E-state index in [1.165, 1.54) is 5.56 Å². The zero-order chi connectivity index (χ0) is 18.4. The van der Waals surface area contributed by atoms with Gasteiger partial charge in [0.1, 0.15) is 5.75 Å². The molecule has 0 fully saturated rings. The Kier molecular flexibility index (Phi) is 6.30. The number of amides is 1. The number of primary amides is 1. The van der Waals surface area contributed by atoms with E-state index in [1.54, 1.807) is 30.2 Å². The first kappa shape index (κ1) is 18.5. The molecule has 0 spiro atoms. The minimum atomic E-state index is -0.329. The molecule has 0 aliphatic rings. The molecule has 0 bridgehead atoms. The van der Waals surface area contributed by atoms with E-state index in [9.17, 15) is 4.79 Å². The van der Waals surface area contributed by atoms with Crippen LogP contribution in [0.5, 0.6) is 5.75 Å². The normalized spacial score (nSPS) is 10.8. The van der Waals surface area contributed by atoms with Crippen LogP contribution in [0.25, 0.3) is 10.7 Å². The highest BCUT2D eigenvalue weighted by atomic mass is 32.2. The molecule has 0 atom stereocenters. The van der Waals surface area contributed by atoms with Gasteiger partial charge in [-0.3, -0.25) is 4.79 Å². The van der Waals surface area contributed by atoms with Crippen molar-refractivity contribution in [3.05, 3.63) is 47.3 Å². The number of nitrogens with zero attached hydrogens (tertiary/aromatic N) is 3. The molecule has 1 aromatic carbocycles. The first-order chi connectivity index (χ1) is 12.7. The summed E-state index contributed by atoms with van der Waals surface area (Å²) in [5, 5.41) is 11.4. The van der Waals surface area contributed by atoms with E-state index in [0.717, 1.165) is 33.8 Å². The van der Waals surface area contributed by atoms with Crippen LogP contribution in [0.15, 0.2) is 46.9 Å². The fraction of sp³-hybridized carbons (Fsp3) is 0.278. The van der Waals surface area contributed by atoms with Crippen LogP contribution in [0.3, 0.4) is 0 Å². The molecule has 1 amide bonds. The van der Waals surface area contributed by atoms with Gasteiger partial charge < -0.3 is 15.0 Å². The van der Waals surface area contributed by atoms with E-state index in [1.807, 2.05) is 34.2 Å². The minimum absolute atomic E-state index is 0.266. The number of hydrogen-bond donors (Lipinski definition) is 1. The van der Waals surface area contributed by atoms with Gasteiger partial charge >= 0.3 is 0 Å². The van der Waals surface area contributed by atoms with Crippen molar-refractivity contribution in [1.82, 2.24) is 14.8 Å². The number of methoxy groups -OCH3 is 1. The van der Waals surface area contributed by atoms with Gasteiger partial charge in [0.05, 0.1) is 12.0 Å². The number of rotatable bonds is 9. The Balaban J connectivity index is 1.68. The lowest BCUT2D eigenvalue weighted by Crippen LogP contribution is -2.15. The van der Waals surface area contributed by atoms with Crippen LogP contribution in [0.1, 0.15) is 12.0 Å². The van der Waals surface area contributed by atoms with Gasteiger partial charge in [-0.05, 0) is 35.6 Å². The van der Waals surface area contributed by atoms with E-state index >= 15 is 0 Å². The lowest BCUT2D eigenvalue weighted by atomic mass is 10.2. The van der Waals surface area contributed by atoms with Crippen molar-refractivity contribution in [2.24, 2.45) is 5.73 Å². The molecule has 0 unspecified atom stereocenters. The summed E-state index contributed by atoms with van der Waals surface area (Å²) < 4.78 is 7.16. The van der Waals surface area contributed by atoms with E-state index in [0.29, 0.717) is 6.54 Å². The predicted octanol–water partition coefficient (Wildman–Crippen LogP) is 3.23. The van der Waals surface area contributed by atoms with Crippen molar-refractivity contribution >= 4 is 29.0 Å². The number of benzene rings is 1. The highest BCUT2D eigenvalue weighted by molar-refractivity contribution is 7.99. The van der Waals surface area contributed by atoms with Crippen molar-refractivity contribution in [1.29, 1.82) is 0 Å². The van der Waals surface area contributed by atoms with Gasteiger partial charge in [-0.2, -0.15) is 0 Å². The molecular formula is C18H20N4O2S2. The molecule has 0 saturated carbocycles. The standard InChI is InChI=1S/C18H20N4O2S2/c1-24-14-6-4-13(5-7-14)9-12-26-18-21-20-17(15-3-2-11-25-15)22(18)10-8-16(19)23/h2-7,11H,8-10,12H2,1H3,(H2,19,23). The molecule has 3 rings (SSSR count). The molecule has 3 aromatic rings. The van der Waals surface area contributed by atoms with Crippen LogP contribution in [-0.2, 0) is 17.8 Å². The largest absolute Gasteiger partial charge is 0.497 e. The van der Waals surface area contributed by atoms with E-state index in [-0.39, 0.29) is 12.3 Å². The number of thioether (sulfide) groups is 1. The fourth-order valence-corrected chi connectivity index (χ4v) is 4.13. The van der Waals surface area contributed by atoms with Gasteiger partial charge in [-0.25, -0.2) is 0 Å². The smallest absolute Gasteiger partial charge is 0.219 e. The highest BCUT2D eigenvalue weighted by Crippen LogP contribution is 2.28. The van der Waals surface area contributed by atoms with Gasteiger partial charge in [0.25, 0.3) is 0 Å². The Bertz CT molecular complexity index is 845. The summed E-state index contributed by atoms with van der Waals surface area (Å²) >= 11 is 3.23. The molecular weight excluding hydrogens is 368 g/mol. The molecule has 8 heteroatoms. The van der Waals surface area contributed by atoms with Crippen LogP contribution >= 0.6 is 23.1 Å². The van der Waals surface area contributed by atoms with Crippen molar-refractivity contribution in [2.45, 2.75) is 24.5 Å². The molecule has 0 saturated heterocycles. The summed E-state index contributed by atoms with van der Waals surface area (Å²) in [6, 6.07) is 12.0. The average molecular weight is 389 g/mol. The van der Waals surface area contributed by atoms with Crippen LogP contribution < -0.4 is 10.5 Å². The number of nitrogens with two attached hydrogens (primary N) is 1. The molecule has 6 nitrogen and oxygen atoms in total. The summed E-state index contributed by atoms with van der Waals surface area (Å²) in [6.45, 7) is 0.487. The summed E-state index contributed by atoms with van der Waals surface area (Å²) in [5.41, 5.74) is 6.56. The summed E-state index contributed by atoms with van der Waals surface area (Å²) in [5.74, 6) is 2.18. The second-order valence-corrected chi connectivity index (χ2v) is 7.61. The van der Waals surface area contributed by atoms with Crippen molar-refractivity contribution < 1.29 is 9.53 Å². The fourth-order valence-electron chi connectivity index (χ4n) is 2.46. The third kappa shape index (κ3) is 4.64. The van der Waals surface area contributed by atoms with Gasteiger partial charge in [-0.15, -0.1) is 21.5 Å². The molecule has 2 N–H and O–H groups in total. The quantitative estimate of drug-likeness (QED) is 0.569. The highest BCUT2D eigenvalue weighted by Gasteiger charge is 2.15. The molecule has 2 heterocycles. The summed E-state index contributed by atoms with van der Waals surface area (Å²) in [4.78, 5) is 12.2. The topological polar surface area (TPSA) is 83.0 Å². The van der Waals surface area contributed by atoms with Crippen LogP contribution in [0.4, 0.5) is 0 Å². The maximum atomic E-state index is 11.2. The summed E-state index contributed by atoms with van der Waals surface area (Å²) in [6.07, 6.45) is 1.17. The maximum Gasteiger partial charge on any atom is 0.219 e. The Morgan fingerprint density at radius 3 is 2.73 bits per heavy atom. The predicted molar refractivity (Wildman–Crippen MR) is 105 cm³/mol. The number of aryl methyl sites for hydroxylation is 1. The van der Waals surface area contributed by atoms with E-state index < -0.39 is 0 Å². The van der Waals surface area contributed by atoms with Crippen molar-refractivity contribution in [2.75, 3.05) is 12.9 Å². The van der Waals surface area contributed by atoms with Gasteiger partial charge in [0.15, 0.2) is 11.0 Å². The van der Waals surface area contributed by atoms with E-state index in [2.05, 4.69) is 22.3 Å². The number of hydrogen-bond acceptors (Lipinski definition) is 6. The molecule has 0 radical (unpaired) electrons. The minimum Gasteiger partial charge on any atom is -0.497 e. The van der Waals surface area contributed by atoms with Crippen molar-refractivity contribution in [3.8, 4) is 16.5 Å². The number of carbonyl (C=O) groups excluding carboxylic acids is 1. The van der Waals surface area contributed by atoms with Crippen molar-refractivity contribution in [3.63, 3.8) is 0 Å². The van der Waals surface area contributed by atoms with Gasteiger partial charge in [0.2, 0.25) is 5.91 Å². The first-order valence-electron chi connectivity index (χ1n) is 8.18. The Morgan fingerprint density at radius 2 is 2.08 bits per heavy atom. The molecule has 136 valence electrons. The Hall–Kier alpha value is -2.32. The maximum absolute atomic E-state index is 11.2. The van der Waals surface area contributed by atoms with Crippen LogP contribution in [-0.4, -0.2) is 33.5 Å². The van der Waals surface area contributed by atoms with Crippen LogP contribution in [0, 0.1) is 0 Å². The molecule has 26 heavy (non-hydrogen) atoms. The third-order valence-corrected chi connectivity index (χ3v) is 5.66. The lowest BCUT2D eigenvalue weighted by molar-refractivity contribution is -0.118. The number of ether oxygens (including phenoxy) is 1. The van der Waals surface area contributed by atoms with Crippen LogP contribution in [0.2, 0.25) is 0 Å². The zero-order valence-corrected chi connectivity index (χ0v) is 16.1. The number of carbonyl (C=O) groups is 1. The summed E-state index contributed by atoms with van der Waals surface area (Å²) in [7, 11) is 1.66. The SMILES string of the molecule is COc1ccc(CCSc2nnc(-c3cccs3)n2CCC(N)=O)cc1. The molecule has 0 aliphatic heterocycles.